The van der Waals surface area contributed by atoms with Crippen LogP contribution in [-0.2, 0) is 0 Å². The number of piperidine rings is 1. The molecule has 2 aromatic carbocycles. The number of benzene rings is 2. The van der Waals surface area contributed by atoms with E-state index < -0.39 is 7.92 Å². The molecule has 14 heteroatoms. The molecule has 274 valence electrons. The molecular weight excluding hydrogens is 737 g/mol. The van der Waals surface area contributed by atoms with Crippen LogP contribution >= 0.6 is 23.9 Å². The van der Waals surface area contributed by atoms with Gasteiger partial charge in [0.05, 0.1) is 28.5 Å². The van der Waals surface area contributed by atoms with Crippen molar-refractivity contribution in [3.8, 4) is 5.75 Å². The molecule has 3 fully saturated rings. The van der Waals surface area contributed by atoms with E-state index in [0.29, 0.717) is 40.9 Å². The molecule has 0 spiro atoms. The highest BCUT2D eigenvalue weighted by molar-refractivity contribution is 9.10. The molecule has 0 bridgehead atoms. The largest absolute Gasteiger partial charge is 0.494 e. The third kappa shape index (κ3) is 7.88. The van der Waals surface area contributed by atoms with Gasteiger partial charge in [-0.05, 0) is 86.3 Å². The van der Waals surface area contributed by atoms with E-state index in [4.69, 9.17) is 20.1 Å². The van der Waals surface area contributed by atoms with Gasteiger partial charge < -0.3 is 36.0 Å². The quantitative estimate of drug-likeness (QED) is 0.0737. The topological polar surface area (TPSA) is 130 Å². The molecule has 0 atom stereocenters. The van der Waals surface area contributed by atoms with Gasteiger partial charge in [-0.3, -0.25) is 9.88 Å². The van der Waals surface area contributed by atoms with Crippen LogP contribution in [0.3, 0.4) is 0 Å². The predicted molar refractivity (Wildman–Crippen MR) is 220 cm³/mol. The summed E-state index contributed by atoms with van der Waals surface area (Å²) in [5, 5.41) is 22.2. The summed E-state index contributed by atoms with van der Waals surface area (Å²) in [6.45, 7) is 10.9. The van der Waals surface area contributed by atoms with E-state index in [2.05, 4.69) is 107 Å². The number of fused-ring (bicyclic) bond motifs is 1. The third-order valence-electron chi connectivity index (χ3n) is 10.4. The lowest BCUT2D eigenvalue weighted by Crippen LogP contribution is -2.52. The Balaban J connectivity index is 1.16. The minimum Gasteiger partial charge on any atom is -0.494 e. The van der Waals surface area contributed by atoms with Crippen molar-refractivity contribution >= 4 is 80.8 Å². The minimum atomic E-state index is -0.453. The lowest BCUT2D eigenvalue weighted by Gasteiger charge is -2.43. The lowest BCUT2D eigenvalue weighted by atomic mass is 9.99. The summed E-state index contributed by atoms with van der Waals surface area (Å²) in [6, 6.07) is 13.3. The second kappa shape index (κ2) is 16.0. The van der Waals surface area contributed by atoms with E-state index in [1.165, 1.54) is 35.4 Å². The molecule has 2 saturated heterocycles. The van der Waals surface area contributed by atoms with Gasteiger partial charge in [-0.15, -0.1) is 0 Å². The molecule has 52 heavy (non-hydrogen) atoms. The van der Waals surface area contributed by atoms with Crippen molar-refractivity contribution in [2.24, 2.45) is 5.10 Å². The molecule has 1 saturated carbocycles. The van der Waals surface area contributed by atoms with Crippen molar-refractivity contribution in [1.29, 1.82) is 5.41 Å². The number of likely N-dealkylation sites (N-methyl/N-ethyl adjacent to an activating group) is 1. The van der Waals surface area contributed by atoms with Gasteiger partial charge in [-0.25, -0.2) is 4.98 Å². The number of piperazine rings is 1. The van der Waals surface area contributed by atoms with Gasteiger partial charge in [0.1, 0.15) is 17.3 Å². The Morgan fingerprint density at radius 3 is 2.42 bits per heavy atom. The number of nitrogens with zero attached hydrogens (tertiary/aromatic N) is 7. The van der Waals surface area contributed by atoms with E-state index in [1.54, 1.807) is 20.4 Å². The van der Waals surface area contributed by atoms with E-state index in [0.717, 1.165) is 79.0 Å². The number of halogens is 1. The van der Waals surface area contributed by atoms with Crippen LogP contribution in [0.4, 0.5) is 28.8 Å². The minimum absolute atomic E-state index is 0.408. The Hall–Kier alpha value is -3.90. The van der Waals surface area contributed by atoms with Crippen LogP contribution in [0.1, 0.15) is 42.9 Å². The number of rotatable bonds is 12. The third-order valence-corrected chi connectivity index (χ3v) is 12.3. The molecule has 0 amide bonds. The lowest BCUT2D eigenvalue weighted by molar-refractivity contribution is 0.0982. The van der Waals surface area contributed by atoms with Crippen molar-refractivity contribution < 1.29 is 4.74 Å². The summed E-state index contributed by atoms with van der Waals surface area (Å²) in [4.78, 5) is 22.0. The number of hydrogen-bond acceptors (Lipinski definition) is 12. The Morgan fingerprint density at radius 1 is 0.981 bits per heavy atom. The van der Waals surface area contributed by atoms with Crippen molar-refractivity contribution in [1.82, 2.24) is 30.2 Å². The van der Waals surface area contributed by atoms with Crippen LogP contribution in [-0.4, -0.2) is 117 Å². The maximum absolute atomic E-state index is 8.25. The van der Waals surface area contributed by atoms with Gasteiger partial charge in [0.2, 0.25) is 5.95 Å². The van der Waals surface area contributed by atoms with Gasteiger partial charge in [-0.1, -0.05) is 14.0 Å². The molecule has 4 heterocycles. The maximum Gasteiger partial charge on any atom is 0.229 e. The number of hydrazone groups is 1. The van der Waals surface area contributed by atoms with Crippen molar-refractivity contribution in [2.45, 2.75) is 37.6 Å². The van der Waals surface area contributed by atoms with Crippen LogP contribution < -0.4 is 31.0 Å². The summed E-state index contributed by atoms with van der Waals surface area (Å²) in [6.07, 6.45) is 7.69. The summed E-state index contributed by atoms with van der Waals surface area (Å²) in [5.41, 5.74) is 9.18. The highest BCUT2D eigenvalue weighted by Crippen LogP contribution is 2.41. The van der Waals surface area contributed by atoms with Crippen LogP contribution in [0.2, 0.25) is 0 Å². The Bertz CT molecular complexity index is 1950. The number of nitrogens with one attached hydrogen (secondary N) is 4. The molecule has 2 aliphatic heterocycles. The Kier molecular flexibility index (Phi) is 11.2. The molecule has 4 N–H and O–H groups in total. The molecule has 0 radical (unpaired) electrons. The van der Waals surface area contributed by atoms with Crippen LogP contribution in [0.5, 0.6) is 5.75 Å². The average molecular weight is 787 g/mol. The first-order valence-corrected chi connectivity index (χ1v) is 21.1. The standard InChI is InChI=1S/C38H49BrN11OP/c1-41-47-33(22-40)27-20-32(35(51-3)21-34(27)50-14-12-25(13-15-50)49-18-16-48(2)17-19-49)45-38-42-23-28(39)37(46-38)44-31-11-10-30-26(36(31)52(4)5)8-9-29(43-30)24-6-7-24/h8-11,20-25,40-41H,6-7,12-19H2,1-5H3,(H2,42,44,45,46)/b40-22?,47-33+. The summed E-state index contributed by atoms with van der Waals surface area (Å²) >= 11 is 3.68. The molecule has 12 nitrogen and oxygen atoms in total. The number of methoxy groups -OCH3 is 1. The SMILES string of the molecule is CN/N=C(\C=N)c1cc(Nc2ncc(Br)c(Nc3ccc4nc(C5CC5)ccc4c3P(C)C)n2)c(OC)cc1N1CCC(N2CCN(C)CC2)CC1. The van der Waals surface area contributed by atoms with Crippen LogP contribution in [0, 0.1) is 5.41 Å². The summed E-state index contributed by atoms with van der Waals surface area (Å²) < 4.78 is 6.71. The molecule has 1 aliphatic carbocycles. The average Bonchev–Trinajstić information content (AvgIpc) is 4.01. The normalized spacial score (nSPS) is 17.8. The highest BCUT2D eigenvalue weighted by atomic mass is 79.9. The van der Waals surface area contributed by atoms with Crippen LogP contribution in [0.25, 0.3) is 10.9 Å². The second-order valence-electron chi connectivity index (χ2n) is 14.1. The fourth-order valence-corrected chi connectivity index (χ4v) is 8.98. The number of hydrogen-bond donors (Lipinski definition) is 4. The Morgan fingerprint density at radius 2 is 1.75 bits per heavy atom. The first kappa shape index (κ1) is 36.5. The zero-order chi connectivity index (χ0) is 36.4. The van der Waals surface area contributed by atoms with E-state index in [-0.39, 0.29) is 0 Å². The smallest absolute Gasteiger partial charge is 0.229 e. The second-order valence-corrected chi connectivity index (χ2v) is 17.2. The zero-order valence-electron chi connectivity index (χ0n) is 30.7. The number of aromatic nitrogens is 3. The Labute approximate surface area is 316 Å². The first-order valence-electron chi connectivity index (χ1n) is 18.1. The molecule has 7 rings (SSSR count). The number of ether oxygens (including phenoxy) is 1. The van der Waals surface area contributed by atoms with Crippen molar-refractivity contribution in [2.75, 3.05) is 89.3 Å². The monoisotopic (exact) mass is 785 g/mol. The van der Waals surface area contributed by atoms with E-state index >= 15 is 0 Å². The summed E-state index contributed by atoms with van der Waals surface area (Å²) in [5.74, 6) is 2.33. The van der Waals surface area contributed by atoms with Gasteiger partial charge in [0.25, 0.3) is 0 Å². The molecular formula is C38H49BrN11OP. The van der Waals surface area contributed by atoms with Gasteiger partial charge in [0.15, 0.2) is 0 Å². The number of pyridine rings is 1. The predicted octanol–water partition coefficient (Wildman–Crippen LogP) is 6.32. The van der Waals surface area contributed by atoms with Crippen LogP contribution in [0.15, 0.2) is 52.2 Å². The molecule has 3 aliphatic rings. The van der Waals surface area contributed by atoms with Crippen molar-refractivity contribution in [3.63, 3.8) is 0 Å². The van der Waals surface area contributed by atoms with Crippen molar-refractivity contribution in [3.05, 3.63) is 58.3 Å². The molecule has 0 unspecified atom stereocenters. The maximum atomic E-state index is 8.25. The highest BCUT2D eigenvalue weighted by Gasteiger charge is 2.29. The van der Waals surface area contributed by atoms with E-state index in [9.17, 15) is 0 Å². The molecule has 2 aromatic heterocycles. The molecule has 4 aromatic rings. The fraction of sp³-hybridized carbons (Fsp3) is 0.447. The van der Waals surface area contributed by atoms with Gasteiger partial charge in [0, 0.05) is 104 Å². The van der Waals surface area contributed by atoms with Gasteiger partial charge >= 0.3 is 0 Å². The van der Waals surface area contributed by atoms with E-state index in [1.807, 2.05) is 6.07 Å². The fourth-order valence-electron chi connectivity index (χ4n) is 7.41. The summed E-state index contributed by atoms with van der Waals surface area (Å²) in [7, 11) is 5.18. The first-order chi connectivity index (χ1) is 25.3. The number of anilines is 5. The van der Waals surface area contributed by atoms with Gasteiger partial charge in [-0.2, -0.15) is 10.1 Å². The zero-order valence-corrected chi connectivity index (χ0v) is 33.2.